The summed E-state index contributed by atoms with van der Waals surface area (Å²) in [5.74, 6) is 0.986. The highest BCUT2D eigenvalue weighted by molar-refractivity contribution is 5.27. The van der Waals surface area contributed by atoms with Crippen molar-refractivity contribution in [2.45, 2.75) is 52.1 Å². The Morgan fingerprint density at radius 3 is 2.76 bits per heavy atom. The number of hydrogen-bond acceptors (Lipinski definition) is 3. The molecule has 0 bridgehead atoms. The number of nitrogens with one attached hydrogen (secondary N) is 1. The third kappa shape index (κ3) is 5.33. The van der Waals surface area contributed by atoms with E-state index < -0.39 is 0 Å². The molecule has 0 amide bonds. The molecule has 1 unspecified atom stereocenters. The minimum absolute atomic E-state index is 0.728. The van der Waals surface area contributed by atoms with Gasteiger partial charge in [-0.3, -0.25) is 4.90 Å². The van der Waals surface area contributed by atoms with E-state index in [9.17, 15) is 0 Å². The molecule has 3 heteroatoms. The van der Waals surface area contributed by atoms with Crippen LogP contribution in [0.5, 0.6) is 5.75 Å². The average Bonchev–Trinajstić information content (AvgIpc) is 2.97. The van der Waals surface area contributed by atoms with Crippen LogP contribution in [0, 0.1) is 0 Å². The van der Waals surface area contributed by atoms with Gasteiger partial charge in [0.15, 0.2) is 0 Å². The molecule has 21 heavy (non-hydrogen) atoms. The summed E-state index contributed by atoms with van der Waals surface area (Å²) in [6.45, 7) is 9.76. The predicted molar refractivity (Wildman–Crippen MR) is 88.8 cm³/mol. The molecule has 118 valence electrons. The van der Waals surface area contributed by atoms with Crippen LogP contribution in [0.4, 0.5) is 0 Å². The first-order chi connectivity index (χ1) is 10.3. The zero-order valence-electron chi connectivity index (χ0n) is 13.6. The molecule has 1 saturated heterocycles. The van der Waals surface area contributed by atoms with Gasteiger partial charge >= 0.3 is 0 Å². The molecule has 0 aromatic heterocycles. The number of likely N-dealkylation sites (N-methyl/N-ethyl adjacent to an activating group) is 1. The quantitative estimate of drug-likeness (QED) is 0.705. The van der Waals surface area contributed by atoms with Gasteiger partial charge in [-0.05, 0) is 50.0 Å². The Kier molecular flexibility index (Phi) is 7.04. The SMILES string of the molecule is CCCCOc1ccc(CNCC2CCCN2CC)cc1. The molecule has 2 rings (SSSR count). The number of hydrogen-bond donors (Lipinski definition) is 1. The molecule has 1 aromatic carbocycles. The van der Waals surface area contributed by atoms with Gasteiger partial charge in [-0.15, -0.1) is 0 Å². The molecule has 1 atom stereocenters. The van der Waals surface area contributed by atoms with Crippen LogP contribution in [0.3, 0.4) is 0 Å². The van der Waals surface area contributed by atoms with Crippen LogP contribution >= 0.6 is 0 Å². The second kappa shape index (κ2) is 9.06. The zero-order valence-corrected chi connectivity index (χ0v) is 13.6. The highest BCUT2D eigenvalue weighted by atomic mass is 16.5. The van der Waals surface area contributed by atoms with Crippen molar-refractivity contribution in [3.63, 3.8) is 0 Å². The highest BCUT2D eigenvalue weighted by Gasteiger charge is 2.21. The lowest BCUT2D eigenvalue weighted by Gasteiger charge is -2.23. The lowest BCUT2D eigenvalue weighted by atomic mass is 10.2. The standard InChI is InChI=1S/C18H30N2O/c1-3-5-13-21-18-10-8-16(9-11-18)14-19-15-17-7-6-12-20(17)4-2/h8-11,17,19H,3-7,12-15H2,1-2H3. The lowest BCUT2D eigenvalue weighted by Crippen LogP contribution is -2.37. The van der Waals surface area contributed by atoms with Crippen LogP contribution in [0.15, 0.2) is 24.3 Å². The number of likely N-dealkylation sites (tertiary alicyclic amines) is 1. The van der Waals surface area contributed by atoms with E-state index in [2.05, 4.69) is 48.3 Å². The van der Waals surface area contributed by atoms with Crippen molar-refractivity contribution in [2.24, 2.45) is 0 Å². The van der Waals surface area contributed by atoms with Crippen LogP contribution in [0.25, 0.3) is 0 Å². The van der Waals surface area contributed by atoms with Gasteiger partial charge in [0.05, 0.1) is 6.61 Å². The number of unbranched alkanes of at least 4 members (excludes halogenated alkanes) is 1. The summed E-state index contributed by atoms with van der Waals surface area (Å²) in [6.07, 6.45) is 4.99. The molecule has 3 nitrogen and oxygen atoms in total. The summed E-state index contributed by atoms with van der Waals surface area (Å²) in [5, 5.41) is 3.60. The van der Waals surface area contributed by atoms with Crippen molar-refractivity contribution in [1.29, 1.82) is 0 Å². The molecule has 0 aliphatic carbocycles. The average molecular weight is 290 g/mol. The minimum Gasteiger partial charge on any atom is -0.494 e. The van der Waals surface area contributed by atoms with Crippen molar-refractivity contribution in [1.82, 2.24) is 10.2 Å². The highest BCUT2D eigenvalue weighted by Crippen LogP contribution is 2.16. The van der Waals surface area contributed by atoms with E-state index >= 15 is 0 Å². The van der Waals surface area contributed by atoms with Crippen molar-refractivity contribution < 1.29 is 4.74 Å². The fraction of sp³-hybridized carbons (Fsp3) is 0.667. The summed E-state index contributed by atoms with van der Waals surface area (Å²) >= 11 is 0. The molecule has 0 spiro atoms. The number of rotatable bonds is 9. The van der Waals surface area contributed by atoms with Crippen molar-refractivity contribution in [3.05, 3.63) is 29.8 Å². The third-order valence-electron chi connectivity index (χ3n) is 4.30. The molecular weight excluding hydrogens is 260 g/mol. The maximum Gasteiger partial charge on any atom is 0.119 e. The second-order valence-electron chi connectivity index (χ2n) is 5.90. The van der Waals surface area contributed by atoms with E-state index in [0.29, 0.717) is 0 Å². The maximum absolute atomic E-state index is 5.69. The molecule has 1 aromatic rings. The molecule has 1 aliphatic rings. The Bertz CT molecular complexity index is 391. The Morgan fingerprint density at radius 2 is 2.05 bits per heavy atom. The lowest BCUT2D eigenvalue weighted by molar-refractivity contribution is 0.260. The number of ether oxygens (including phenoxy) is 1. The van der Waals surface area contributed by atoms with Crippen molar-refractivity contribution in [3.8, 4) is 5.75 Å². The Labute approximate surface area is 129 Å². The molecule has 0 radical (unpaired) electrons. The fourth-order valence-corrected chi connectivity index (χ4v) is 2.96. The van der Waals surface area contributed by atoms with Crippen LogP contribution in [0.1, 0.15) is 45.1 Å². The second-order valence-corrected chi connectivity index (χ2v) is 5.90. The van der Waals surface area contributed by atoms with E-state index in [4.69, 9.17) is 4.74 Å². The summed E-state index contributed by atoms with van der Waals surface area (Å²) in [6, 6.07) is 9.23. The topological polar surface area (TPSA) is 24.5 Å². The summed E-state index contributed by atoms with van der Waals surface area (Å²) < 4.78 is 5.69. The Balaban J connectivity index is 1.68. The van der Waals surface area contributed by atoms with Crippen LogP contribution in [-0.4, -0.2) is 37.2 Å². The minimum atomic E-state index is 0.728. The summed E-state index contributed by atoms with van der Waals surface area (Å²) in [4.78, 5) is 2.58. The maximum atomic E-state index is 5.69. The Hall–Kier alpha value is -1.06. The smallest absolute Gasteiger partial charge is 0.119 e. The van der Waals surface area contributed by atoms with E-state index in [0.717, 1.165) is 37.9 Å². The molecule has 0 saturated carbocycles. The zero-order chi connectivity index (χ0) is 14.9. The first kappa shape index (κ1) is 16.3. The van der Waals surface area contributed by atoms with E-state index in [1.165, 1.54) is 37.9 Å². The largest absolute Gasteiger partial charge is 0.494 e. The normalized spacial score (nSPS) is 19.0. The van der Waals surface area contributed by atoms with Gasteiger partial charge in [-0.2, -0.15) is 0 Å². The van der Waals surface area contributed by atoms with Gasteiger partial charge in [-0.1, -0.05) is 32.4 Å². The third-order valence-corrected chi connectivity index (χ3v) is 4.30. The molecule has 1 fully saturated rings. The van der Waals surface area contributed by atoms with E-state index in [1.54, 1.807) is 0 Å². The predicted octanol–water partition coefficient (Wildman–Crippen LogP) is 3.44. The van der Waals surface area contributed by atoms with Crippen LogP contribution in [-0.2, 0) is 6.54 Å². The van der Waals surface area contributed by atoms with Gasteiger partial charge < -0.3 is 10.1 Å². The molecule has 1 N–H and O–H groups in total. The molecule has 1 heterocycles. The molecular formula is C18H30N2O. The van der Waals surface area contributed by atoms with Crippen LogP contribution < -0.4 is 10.1 Å². The van der Waals surface area contributed by atoms with Gasteiger partial charge in [0.2, 0.25) is 0 Å². The Morgan fingerprint density at radius 1 is 1.24 bits per heavy atom. The van der Waals surface area contributed by atoms with Gasteiger partial charge in [-0.25, -0.2) is 0 Å². The van der Waals surface area contributed by atoms with Gasteiger partial charge in [0.1, 0.15) is 5.75 Å². The number of benzene rings is 1. The van der Waals surface area contributed by atoms with E-state index in [-0.39, 0.29) is 0 Å². The molecule has 1 aliphatic heterocycles. The summed E-state index contributed by atoms with van der Waals surface area (Å²) in [5.41, 5.74) is 1.33. The van der Waals surface area contributed by atoms with Gasteiger partial charge in [0.25, 0.3) is 0 Å². The monoisotopic (exact) mass is 290 g/mol. The summed E-state index contributed by atoms with van der Waals surface area (Å²) in [7, 11) is 0. The van der Waals surface area contributed by atoms with Crippen LogP contribution in [0.2, 0.25) is 0 Å². The van der Waals surface area contributed by atoms with E-state index in [1.807, 2.05) is 0 Å². The number of nitrogens with zero attached hydrogens (tertiary/aromatic N) is 1. The van der Waals surface area contributed by atoms with Crippen molar-refractivity contribution in [2.75, 3.05) is 26.2 Å². The van der Waals surface area contributed by atoms with Gasteiger partial charge in [0, 0.05) is 19.1 Å². The van der Waals surface area contributed by atoms with Crippen molar-refractivity contribution >= 4 is 0 Å². The fourth-order valence-electron chi connectivity index (χ4n) is 2.96. The first-order valence-corrected chi connectivity index (χ1v) is 8.50. The first-order valence-electron chi connectivity index (χ1n) is 8.50.